The van der Waals surface area contributed by atoms with Crippen molar-refractivity contribution in [3.8, 4) is 11.5 Å². The molecule has 110 valence electrons. The minimum Gasteiger partial charge on any atom is -0.873 e. The molecule has 20 heavy (non-hydrogen) atoms. The van der Waals surface area contributed by atoms with E-state index in [4.69, 9.17) is 0 Å². The molecule has 0 N–H and O–H groups in total. The third kappa shape index (κ3) is 3.67. The van der Waals surface area contributed by atoms with Gasteiger partial charge >= 0.3 is 16.5 Å². The number of benzene rings is 2. The van der Waals surface area contributed by atoms with Crippen molar-refractivity contribution in [3.63, 3.8) is 0 Å². The molecule has 0 aromatic heterocycles. The first kappa shape index (κ1) is 16.8. The van der Waals surface area contributed by atoms with Crippen molar-refractivity contribution < 1.29 is 26.7 Å². The number of hydrogen-bond acceptors (Lipinski definition) is 2. The molecule has 3 heteroatoms. The van der Waals surface area contributed by atoms with Crippen molar-refractivity contribution in [1.29, 1.82) is 0 Å². The Hall–Kier alpha value is -1.21. The average Bonchev–Trinajstić information content (AvgIpc) is 2.39. The van der Waals surface area contributed by atoms with Crippen LogP contribution in [0.4, 0.5) is 0 Å². The van der Waals surface area contributed by atoms with Crippen molar-refractivity contribution in [2.45, 2.75) is 46.0 Å². The predicted molar refractivity (Wildman–Crippen MR) is 75.4 cm³/mol. The van der Waals surface area contributed by atoms with Gasteiger partial charge in [-0.05, 0) is 41.2 Å². The molecule has 0 aliphatic rings. The van der Waals surface area contributed by atoms with E-state index in [1.54, 1.807) is 0 Å². The minimum absolute atomic E-state index is 0. The van der Waals surface area contributed by atoms with E-state index >= 15 is 0 Å². The average molecular weight is 315 g/mol. The molecule has 0 unspecified atom stereocenters. The first-order valence-corrected chi connectivity index (χ1v) is 7.09. The van der Waals surface area contributed by atoms with Crippen molar-refractivity contribution in [2.75, 3.05) is 0 Å². The second-order valence-corrected chi connectivity index (χ2v) is 5.13. The maximum atomic E-state index is 11.5. The molecular weight excluding hydrogens is 295 g/mol. The van der Waals surface area contributed by atoms with Crippen molar-refractivity contribution in [2.24, 2.45) is 0 Å². The molecule has 0 aliphatic carbocycles. The predicted octanol–water partition coefficient (Wildman–Crippen LogP) is 3.28. The Morgan fingerprint density at radius 3 is 2.20 bits per heavy atom. The summed E-state index contributed by atoms with van der Waals surface area (Å²) < 4.78 is 0. The number of fused-ring (bicyclic) bond motifs is 1. The topological polar surface area (TPSA) is 46.1 Å². The molecule has 0 saturated carbocycles. The van der Waals surface area contributed by atoms with Gasteiger partial charge in [0, 0.05) is 0 Å². The van der Waals surface area contributed by atoms with Gasteiger partial charge < -0.3 is 10.2 Å². The van der Waals surface area contributed by atoms with Crippen LogP contribution < -0.4 is 10.2 Å². The van der Waals surface area contributed by atoms with E-state index in [0.717, 1.165) is 42.9 Å². The number of unbranched alkanes of at least 4 members (excludes halogenated alkanes) is 1. The Kier molecular flexibility index (Phi) is 6.35. The SMILES string of the molecule is CCCCc1cc(CCC)c2cc([O-])c([O-])cc2c1.[Ni+2]. The van der Waals surface area contributed by atoms with Gasteiger partial charge in [0.2, 0.25) is 0 Å². The molecule has 0 atom stereocenters. The second-order valence-electron chi connectivity index (χ2n) is 5.13. The molecule has 2 aromatic carbocycles. The van der Waals surface area contributed by atoms with Gasteiger partial charge in [-0.3, -0.25) is 0 Å². The Bertz CT molecular complexity index is 579. The summed E-state index contributed by atoms with van der Waals surface area (Å²) in [7, 11) is 0. The fraction of sp³-hybridized carbons (Fsp3) is 0.412. The fourth-order valence-electron chi connectivity index (χ4n) is 2.52. The van der Waals surface area contributed by atoms with E-state index in [2.05, 4.69) is 26.0 Å². The van der Waals surface area contributed by atoms with Crippen LogP contribution in [0.2, 0.25) is 0 Å². The summed E-state index contributed by atoms with van der Waals surface area (Å²) in [4.78, 5) is 0. The number of hydrogen-bond donors (Lipinski definition) is 0. The standard InChI is InChI=1S/C17H22O2.Ni/c1-3-5-7-12-8-13(6-4-2)15-11-17(19)16(18)10-14(15)9-12;/h8-11,18-19H,3-7H2,1-2H3;/q;+2/p-2. The number of rotatable bonds is 5. The molecule has 0 heterocycles. The van der Waals surface area contributed by atoms with E-state index < -0.39 is 11.5 Å². The fourth-order valence-corrected chi connectivity index (χ4v) is 2.52. The van der Waals surface area contributed by atoms with Gasteiger partial charge in [-0.2, -0.15) is 0 Å². The molecule has 2 rings (SSSR count). The summed E-state index contributed by atoms with van der Waals surface area (Å²) in [6.07, 6.45) is 5.35. The second kappa shape index (κ2) is 7.54. The molecule has 0 radical (unpaired) electrons. The molecule has 2 nitrogen and oxygen atoms in total. The summed E-state index contributed by atoms with van der Waals surface area (Å²) in [5.74, 6) is -0.797. The van der Waals surface area contributed by atoms with Crippen LogP contribution in [0.3, 0.4) is 0 Å². The molecule has 0 fully saturated rings. The molecule has 0 saturated heterocycles. The first-order valence-electron chi connectivity index (χ1n) is 7.09. The van der Waals surface area contributed by atoms with Crippen LogP contribution in [0.1, 0.15) is 44.2 Å². The largest absolute Gasteiger partial charge is 2.00 e. The van der Waals surface area contributed by atoms with Gasteiger partial charge in [-0.25, -0.2) is 0 Å². The van der Waals surface area contributed by atoms with Gasteiger partial charge in [0.15, 0.2) is 0 Å². The smallest absolute Gasteiger partial charge is 0.873 e. The van der Waals surface area contributed by atoms with E-state index in [1.807, 2.05) is 0 Å². The van der Waals surface area contributed by atoms with Crippen molar-refractivity contribution in [3.05, 3.63) is 35.4 Å². The third-order valence-electron chi connectivity index (χ3n) is 3.50. The maximum absolute atomic E-state index is 11.5. The van der Waals surface area contributed by atoms with Gasteiger partial charge in [0.25, 0.3) is 0 Å². The molecule has 0 amide bonds. The van der Waals surface area contributed by atoms with Gasteiger partial charge in [0.1, 0.15) is 0 Å². The Morgan fingerprint density at radius 2 is 1.55 bits per heavy atom. The normalized spacial score (nSPS) is 10.5. The summed E-state index contributed by atoms with van der Waals surface area (Å²) >= 11 is 0. The Balaban J connectivity index is 0.00000200. The van der Waals surface area contributed by atoms with Crippen LogP contribution in [-0.4, -0.2) is 0 Å². The van der Waals surface area contributed by atoms with Crippen LogP contribution >= 0.6 is 0 Å². The summed E-state index contributed by atoms with van der Waals surface area (Å²) in [6.45, 7) is 4.30. The quantitative estimate of drug-likeness (QED) is 0.795. The Morgan fingerprint density at radius 1 is 0.850 bits per heavy atom. The van der Waals surface area contributed by atoms with Crippen LogP contribution in [0.15, 0.2) is 24.3 Å². The maximum Gasteiger partial charge on any atom is 2.00 e. The number of aryl methyl sites for hydroxylation is 2. The monoisotopic (exact) mass is 314 g/mol. The van der Waals surface area contributed by atoms with E-state index in [-0.39, 0.29) is 16.5 Å². The Labute approximate surface area is 130 Å². The van der Waals surface area contributed by atoms with Gasteiger partial charge in [-0.15, -0.1) is 11.5 Å². The zero-order valence-electron chi connectivity index (χ0n) is 12.0. The molecule has 0 spiro atoms. The van der Waals surface area contributed by atoms with Gasteiger partial charge in [0.05, 0.1) is 0 Å². The van der Waals surface area contributed by atoms with Crippen LogP contribution in [0.5, 0.6) is 11.5 Å². The first-order chi connectivity index (χ1) is 9.15. The molecule has 2 aromatic rings. The van der Waals surface area contributed by atoms with Crippen molar-refractivity contribution in [1.82, 2.24) is 0 Å². The van der Waals surface area contributed by atoms with Gasteiger partial charge in [-0.1, -0.05) is 51.0 Å². The van der Waals surface area contributed by atoms with E-state index in [9.17, 15) is 10.2 Å². The van der Waals surface area contributed by atoms with Crippen LogP contribution in [0.25, 0.3) is 10.8 Å². The minimum atomic E-state index is -0.400. The summed E-state index contributed by atoms with van der Waals surface area (Å²) in [6, 6.07) is 7.26. The van der Waals surface area contributed by atoms with Crippen LogP contribution in [0, 0.1) is 0 Å². The molecule has 0 aliphatic heterocycles. The van der Waals surface area contributed by atoms with Crippen molar-refractivity contribution >= 4 is 10.8 Å². The van der Waals surface area contributed by atoms with E-state index in [0.29, 0.717) is 0 Å². The molecular formula is C17H20NiO2. The van der Waals surface area contributed by atoms with E-state index in [1.165, 1.54) is 23.3 Å². The summed E-state index contributed by atoms with van der Waals surface area (Å²) in [5, 5.41) is 24.9. The third-order valence-corrected chi connectivity index (χ3v) is 3.50. The summed E-state index contributed by atoms with van der Waals surface area (Å²) in [5.41, 5.74) is 2.47. The zero-order chi connectivity index (χ0) is 13.8. The molecule has 0 bridgehead atoms. The zero-order valence-corrected chi connectivity index (χ0v) is 13.0. The van der Waals surface area contributed by atoms with Crippen LogP contribution in [-0.2, 0) is 29.3 Å².